The minimum Gasteiger partial charge on any atom is -0.449 e. The summed E-state index contributed by atoms with van der Waals surface area (Å²) < 4.78 is 15.8. The Morgan fingerprint density at radius 1 is 0.382 bits per heavy atom. The Hall–Kier alpha value is -7.50. The fourth-order valence-electron chi connectivity index (χ4n) is 7.91. The van der Waals surface area contributed by atoms with E-state index >= 15 is 0 Å². The fourth-order valence-corrected chi connectivity index (χ4v) is 7.91. The summed E-state index contributed by atoms with van der Waals surface area (Å²) in [5.41, 5.74) is 10.0. The Bertz CT molecular complexity index is 3040. The molecule has 3 heterocycles. The molecule has 0 unspecified atom stereocenters. The molecular weight excluding hydrogens is 675 g/mol. The third-order valence-corrected chi connectivity index (χ3v) is 10.4. The van der Waals surface area contributed by atoms with Gasteiger partial charge in [0, 0.05) is 38.5 Å². The predicted octanol–water partition coefficient (Wildman–Crippen LogP) is 13.3. The van der Waals surface area contributed by atoms with Gasteiger partial charge in [-0.05, 0) is 59.0 Å². The van der Waals surface area contributed by atoms with Gasteiger partial charge in [0.15, 0.2) is 28.8 Å². The first-order valence-electron chi connectivity index (χ1n) is 18.4. The average molecular weight is 706 g/mol. The number of hydrogen-bond acceptors (Lipinski definition) is 4. The Morgan fingerprint density at radius 2 is 0.927 bits per heavy atom. The molecule has 0 fully saturated rings. The van der Waals surface area contributed by atoms with Gasteiger partial charge in [-0.15, -0.1) is 0 Å². The zero-order chi connectivity index (χ0) is 36.3. The third kappa shape index (κ3) is 5.17. The lowest BCUT2D eigenvalue weighted by atomic mass is 10.00. The van der Waals surface area contributed by atoms with E-state index in [1.54, 1.807) is 0 Å². The van der Waals surface area contributed by atoms with Crippen LogP contribution < -0.4 is 9.47 Å². The number of rotatable bonds is 5. The lowest BCUT2D eigenvalue weighted by Crippen LogP contribution is -2.03. The van der Waals surface area contributed by atoms with E-state index < -0.39 is 0 Å². The maximum Gasteiger partial charge on any atom is 0.195 e. The molecule has 0 spiro atoms. The Morgan fingerprint density at radius 3 is 1.69 bits per heavy atom. The highest BCUT2D eigenvalue weighted by Gasteiger charge is 2.29. The van der Waals surface area contributed by atoms with Crippen LogP contribution in [0, 0.1) is 0 Å². The molecule has 1 aliphatic rings. The number of hydrogen-bond donors (Lipinski definition) is 0. The summed E-state index contributed by atoms with van der Waals surface area (Å²) in [5.74, 6) is 3.54. The van der Waals surface area contributed by atoms with Gasteiger partial charge in [0.2, 0.25) is 0 Å². The van der Waals surface area contributed by atoms with E-state index in [4.69, 9.17) is 19.4 Å². The lowest BCUT2D eigenvalue weighted by molar-refractivity contribution is 0.366. The van der Waals surface area contributed by atoms with Crippen LogP contribution in [0.3, 0.4) is 0 Å². The van der Waals surface area contributed by atoms with E-state index in [1.165, 1.54) is 0 Å². The molecule has 5 nitrogen and oxygen atoms in total. The first-order valence-corrected chi connectivity index (χ1v) is 18.4. The zero-order valence-corrected chi connectivity index (χ0v) is 29.6. The van der Waals surface area contributed by atoms with Gasteiger partial charge in [0.1, 0.15) is 5.52 Å². The zero-order valence-electron chi connectivity index (χ0n) is 29.6. The molecule has 0 amide bonds. The number of fused-ring (bicyclic) bond motifs is 9. The smallest absolute Gasteiger partial charge is 0.195 e. The molecule has 5 heteroatoms. The highest BCUT2D eigenvalue weighted by molar-refractivity contribution is 6.25. The van der Waals surface area contributed by atoms with Crippen molar-refractivity contribution in [2.24, 2.45) is 0 Å². The number of benzene rings is 8. The molecule has 0 atom stereocenters. The van der Waals surface area contributed by atoms with Crippen LogP contribution >= 0.6 is 0 Å². The van der Waals surface area contributed by atoms with Crippen LogP contribution in [-0.4, -0.2) is 14.5 Å². The van der Waals surface area contributed by atoms with Crippen molar-refractivity contribution in [1.82, 2.24) is 14.5 Å². The van der Waals surface area contributed by atoms with Crippen LogP contribution in [0.15, 0.2) is 188 Å². The average Bonchev–Trinajstić information content (AvgIpc) is 3.62. The summed E-state index contributed by atoms with van der Waals surface area (Å²) in [7, 11) is 0. The summed E-state index contributed by atoms with van der Waals surface area (Å²) in [4.78, 5) is 10.1. The molecule has 11 rings (SSSR count). The first-order chi connectivity index (χ1) is 27.3. The van der Waals surface area contributed by atoms with E-state index in [-0.39, 0.29) is 0 Å². The van der Waals surface area contributed by atoms with E-state index in [9.17, 15) is 0 Å². The standard InChI is InChI=1S/C50H31N3O2/c1-3-15-32(16-4-1)41-31-42(52-50(51-41)33-17-5-2-6-18-33)36-21-13-19-34(29-36)35-20-14-22-37(30-35)53-43-26-10-9-25-40(43)46-38-23-7-8-24-39(38)48-49(47(46)53)55-45-28-12-11-27-44(45)54-48/h1-31H. The maximum absolute atomic E-state index is 6.80. The lowest BCUT2D eigenvalue weighted by Gasteiger charge is -2.24. The predicted molar refractivity (Wildman–Crippen MR) is 222 cm³/mol. The van der Waals surface area contributed by atoms with Crippen molar-refractivity contribution in [1.29, 1.82) is 0 Å². The molecule has 0 N–H and O–H groups in total. The van der Waals surface area contributed by atoms with Gasteiger partial charge in [-0.25, -0.2) is 9.97 Å². The topological polar surface area (TPSA) is 49.2 Å². The van der Waals surface area contributed by atoms with Crippen molar-refractivity contribution in [3.63, 3.8) is 0 Å². The second kappa shape index (κ2) is 12.6. The monoisotopic (exact) mass is 705 g/mol. The van der Waals surface area contributed by atoms with Gasteiger partial charge in [0.25, 0.3) is 0 Å². The van der Waals surface area contributed by atoms with Gasteiger partial charge in [-0.1, -0.05) is 146 Å². The van der Waals surface area contributed by atoms with Crippen LogP contribution in [0.4, 0.5) is 0 Å². The van der Waals surface area contributed by atoms with E-state index in [2.05, 4.69) is 132 Å². The van der Waals surface area contributed by atoms with Gasteiger partial charge >= 0.3 is 0 Å². The summed E-state index contributed by atoms with van der Waals surface area (Å²) in [6.07, 6.45) is 0. The summed E-state index contributed by atoms with van der Waals surface area (Å²) in [6.45, 7) is 0. The Labute approximate surface area is 317 Å². The normalized spacial score (nSPS) is 11.9. The molecule has 2 aromatic heterocycles. The summed E-state index contributed by atoms with van der Waals surface area (Å²) >= 11 is 0. The van der Waals surface area contributed by atoms with Gasteiger partial charge in [-0.3, -0.25) is 0 Å². The number of para-hydroxylation sites is 3. The minimum absolute atomic E-state index is 0.695. The summed E-state index contributed by atoms with van der Waals surface area (Å²) in [5, 5.41) is 4.42. The van der Waals surface area contributed by atoms with Crippen molar-refractivity contribution >= 4 is 32.6 Å². The number of ether oxygens (including phenoxy) is 2. The second-order valence-electron chi connectivity index (χ2n) is 13.8. The highest BCUT2D eigenvalue weighted by Crippen LogP contribution is 2.55. The quantitative estimate of drug-likeness (QED) is 0.179. The third-order valence-electron chi connectivity index (χ3n) is 10.4. The molecule has 0 aliphatic carbocycles. The van der Waals surface area contributed by atoms with E-state index in [0.717, 1.165) is 83.2 Å². The van der Waals surface area contributed by atoms with Crippen LogP contribution in [0.1, 0.15) is 0 Å². The van der Waals surface area contributed by atoms with Crippen molar-refractivity contribution in [3.8, 4) is 73.7 Å². The molecule has 0 saturated carbocycles. The van der Waals surface area contributed by atoms with E-state index in [0.29, 0.717) is 23.1 Å². The fraction of sp³-hybridized carbons (Fsp3) is 0. The molecule has 1 aliphatic heterocycles. The highest BCUT2D eigenvalue weighted by atomic mass is 16.6. The van der Waals surface area contributed by atoms with Crippen LogP contribution in [0.5, 0.6) is 23.0 Å². The van der Waals surface area contributed by atoms with Crippen molar-refractivity contribution < 1.29 is 9.47 Å². The molecular formula is C50H31N3O2. The van der Waals surface area contributed by atoms with Crippen molar-refractivity contribution in [2.75, 3.05) is 0 Å². The molecule has 0 saturated heterocycles. The van der Waals surface area contributed by atoms with Gasteiger partial charge < -0.3 is 14.0 Å². The number of nitrogens with zero attached hydrogens (tertiary/aromatic N) is 3. The van der Waals surface area contributed by atoms with Crippen molar-refractivity contribution in [3.05, 3.63) is 188 Å². The molecule has 0 bridgehead atoms. The molecule has 55 heavy (non-hydrogen) atoms. The minimum atomic E-state index is 0.695. The molecule has 10 aromatic rings. The van der Waals surface area contributed by atoms with Crippen molar-refractivity contribution in [2.45, 2.75) is 0 Å². The van der Waals surface area contributed by atoms with Gasteiger partial charge in [-0.2, -0.15) is 0 Å². The van der Waals surface area contributed by atoms with E-state index in [1.807, 2.05) is 60.7 Å². The SMILES string of the molecule is c1ccc(-c2cc(-c3cccc(-c4cccc(-n5c6ccccc6c6c7ccccc7c7c(c65)Oc5ccccc5O7)c4)c3)nc(-c3ccccc3)n2)cc1. The molecule has 258 valence electrons. The Balaban J connectivity index is 1.09. The number of aromatic nitrogens is 3. The summed E-state index contributed by atoms with van der Waals surface area (Å²) in [6, 6.07) is 64.8. The van der Waals surface area contributed by atoms with Crippen LogP contribution in [-0.2, 0) is 0 Å². The van der Waals surface area contributed by atoms with Crippen LogP contribution in [0.25, 0.3) is 83.3 Å². The largest absolute Gasteiger partial charge is 0.449 e. The molecule has 8 aromatic carbocycles. The first kappa shape index (κ1) is 31.1. The molecule has 0 radical (unpaired) electrons. The van der Waals surface area contributed by atoms with Gasteiger partial charge in [0.05, 0.1) is 16.9 Å². The second-order valence-corrected chi connectivity index (χ2v) is 13.8. The van der Waals surface area contributed by atoms with Crippen LogP contribution in [0.2, 0.25) is 0 Å². The Kier molecular flexibility index (Phi) is 7.10. The maximum atomic E-state index is 6.80.